The van der Waals surface area contributed by atoms with E-state index in [2.05, 4.69) is 12.2 Å². The summed E-state index contributed by atoms with van der Waals surface area (Å²) in [5.41, 5.74) is 0.644. The van der Waals surface area contributed by atoms with Gasteiger partial charge >= 0.3 is 0 Å². The van der Waals surface area contributed by atoms with Crippen LogP contribution in [0.1, 0.15) is 44.7 Å². The Labute approximate surface area is 121 Å². The van der Waals surface area contributed by atoms with Gasteiger partial charge in [0.25, 0.3) is 0 Å². The van der Waals surface area contributed by atoms with E-state index < -0.39 is 0 Å². The lowest BCUT2D eigenvalue weighted by atomic mass is 9.99. The van der Waals surface area contributed by atoms with Crippen molar-refractivity contribution in [3.63, 3.8) is 0 Å². The second-order valence-corrected chi connectivity index (χ2v) is 5.18. The van der Waals surface area contributed by atoms with Crippen molar-refractivity contribution in [2.24, 2.45) is 5.92 Å². The number of methoxy groups -OCH3 is 1. The van der Waals surface area contributed by atoms with E-state index in [4.69, 9.17) is 9.84 Å². The van der Waals surface area contributed by atoms with Gasteiger partial charge in [-0.25, -0.2) is 4.39 Å². The average Bonchev–Trinajstić information content (AvgIpc) is 2.44. The maximum absolute atomic E-state index is 13.9. The van der Waals surface area contributed by atoms with E-state index in [9.17, 15) is 4.39 Å². The smallest absolute Gasteiger partial charge is 0.131 e. The number of rotatable bonds is 9. The van der Waals surface area contributed by atoms with Crippen LogP contribution in [-0.4, -0.2) is 25.4 Å². The van der Waals surface area contributed by atoms with Crippen LogP contribution >= 0.6 is 0 Å². The van der Waals surface area contributed by atoms with Gasteiger partial charge in [-0.1, -0.05) is 19.4 Å². The van der Waals surface area contributed by atoms with Crippen LogP contribution in [0.15, 0.2) is 18.2 Å². The summed E-state index contributed by atoms with van der Waals surface area (Å²) in [6.45, 7) is 5.09. The van der Waals surface area contributed by atoms with Crippen LogP contribution in [0, 0.1) is 11.7 Å². The molecule has 0 saturated heterocycles. The van der Waals surface area contributed by atoms with Crippen molar-refractivity contribution < 1.29 is 14.2 Å². The fourth-order valence-corrected chi connectivity index (χ4v) is 2.38. The third-order valence-corrected chi connectivity index (χ3v) is 3.62. The summed E-state index contributed by atoms with van der Waals surface area (Å²) >= 11 is 0. The first-order valence-corrected chi connectivity index (χ1v) is 7.30. The number of aliphatic hydroxyl groups excluding tert-OH is 1. The molecule has 2 unspecified atom stereocenters. The Morgan fingerprint density at radius 1 is 1.35 bits per heavy atom. The molecule has 0 radical (unpaired) electrons. The van der Waals surface area contributed by atoms with Crippen LogP contribution < -0.4 is 10.1 Å². The van der Waals surface area contributed by atoms with E-state index in [1.807, 2.05) is 6.92 Å². The van der Waals surface area contributed by atoms with Crippen molar-refractivity contribution in [2.45, 2.75) is 39.2 Å². The first-order chi connectivity index (χ1) is 9.62. The molecule has 0 aromatic heterocycles. The fraction of sp³-hybridized carbons (Fsp3) is 0.625. The Morgan fingerprint density at radius 2 is 2.10 bits per heavy atom. The van der Waals surface area contributed by atoms with E-state index >= 15 is 0 Å². The van der Waals surface area contributed by atoms with Crippen molar-refractivity contribution in [3.05, 3.63) is 29.6 Å². The molecule has 114 valence electrons. The first-order valence-electron chi connectivity index (χ1n) is 7.30. The summed E-state index contributed by atoms with van der Waals surface area (Å²) < 4.78 is 19.0. The molecule has 0 saturated carbocycles. The highest BCUT2D eigenvalue weighted by Gasteiger charge is 2.14. The van der Waals surface area contributed by atoms with Gasteiger partial charge in [0, 0.05) is 24.3 Å². The highest BCUT2D eigenvalue weighted by molar-refractivity contribution is 5.30. The summed E-state index contributed by atoms with van der Waals surface area (Å²) in [7, 11) is 1.53. The Kier molecular flexibility index (Phi) is 7.55. The third-order valence-electron chi connectivity index (χ3n) is 3.62. The second kappa shape index (κ2) is 8.93. The molecule has 20 heavy (non-hydrogen) atoms. The van der Waals surface area contributed by atoms with E-state index in [0.717, 1.165) is 25.8 Å². The zero-order valence-electron chi connectivity index (χ0n) is 12.7. The summed E-state index contributed by atoms with van der Waals surface area (Å²) in [5.74, 6) is 0.717. The van der Waals surface area contributed by atoms with Gasteiger partial charge in [0.05, 0.1) is 7.11 Å². The number of aliphatic hydroxyl groups is 1. The van der Waals surface area contributed by atoms with Gasteiger partial charge in [-0.05, 0) is 38.3 Å². The van der Waals surface area contributed by atoms with E-state index in [1.165, 1.54) is 13.2 Å². The zero-order chi connectivity index (χ0) is 15.0. The minimum absolute atomic E-state index is 0.0565. The van der Waals surface area contributed by atoms with Crippen LogP contribution in [0.2, 0.25) is 0 Å². The molecule has 0 aliphatic rings. The highest BCUT2D eigenvalue weighted by atomic mass is 19.1. The van der Waals surface area contributed by atoms with Crippen molar-refractivity contribution in [1.29, 1.82) is 0 Å². The molecule has 0 spiro atoms. The summed E-state index contributed by atoms with van der Waals surface area (Å²) in [5, 5.41) is 12.4. The number of hydrogen-bond acceptors (Lipinski definition) is 3. The summed E-state index contributed by atoms with van der Waals surface area (Å²) in [6.07, 6.45) is 2.96. The normalized spacial score (nSPS) is 14.1. The zero-order valence-corrected chi connectivity index (χ0v) is 12.7. The van der Waals surface area contributed by atoms with Crippen molar-refractivity contribution in [3.8, 4) is 5.75 Å². The lowest BCUT2D eigenvalue weighted by Crippen LogP contribution is -2.27. The van der Waals surface area contributed by atoms with Gasteiger partial charge in [0.2, 0.25) is 0 Å². The predicted octanol–water partition coefficient (Wildman–Crippen LogP) is 3.28. The number of benzene rings is 1. The maximum atomic E-state index is 13.9. The summed E-state index contributed by atoms with van der Waals surface area (Å²) in [6, 6.07) is 4.88. The van der Waals surface area contributed by atoms with Gasteiger partial charge < -0.3 is 15.2 Å². The molecule has 2 atom stereocenters. The fourth-order valence-electron chi connectivity index (χ4n) is 2.38. The van der Waals surface area contributed by atoms with Crippen LogP contribution in [0.4, 0.5) is 4.39 Å². The van der Waals surface area contributed by atoms with Gasteiger partial charge in [0.15, 0.2) is 0 Å². The number of halogens is 1. The minimum atomic E-state index is -0.251. The van der Waals surface area contributed by atoms with Crippen LogP contribution in [0.5, 0.6) is 5.75 Å². The number of nitrogens with one attached hydrogen (secondary N) is 1. The van der Waals surface area contributed by atoms with Gasteiger partial charge in [-0.2, -0.15) is 0 Å². The quantitative estimate of drug-likeness (QED) is 0.731. The van der Waals surface area contributed by atoms with E-state index in [-0.39, 0.29) is 18.5 Å². The number of hydrogen-bond donors (Lipinski definition) is 2. The van der Waals surface area contributed by atoms with Gasteiger partial charge in [-0.3, -0.25) is 0 Å². The van der Waals surface area contributed by atoms with Gasteiger partial charge in [-0.15, -0.1) is 0 Å². The Morgan fingerprint density at radius 3 is 2.65 bits per heavy atom. The SMILES string of the molecule is CCCC(CCO)CNC(C)c1ccc(OC)cc1F. The van der Waals surface area contributed by atoms with Crippen LogP contribution in [0.3, 0.4) is 0 Å². The largest absolute Gasteiger partial charge is 0.497 e. The Bertz CT molecular complexity index is 392. The Hall–Kier alpha value is -1.13. The van der Waals surface area contributed by atoms with E-state index in [0.29, 0.717) is 17.2 Å². The molecular weight excluding hydrogens is 257 g/mol. The molecule has 1 rings (SSSR count). The standard InChI is InChI=1S/C16H26FNO2/c1-4-5-13(8-9-19)11-18-12(2)15-7-6-14(20-3)10-16(15)17/h6-7,10,12-13,18-19H,4-5,8-9,11H2,1-3H3. The molecule has 4 heteroatoms. The second-order valence-electron chi connectivity index (χ2n) is 5.18. The molecule has 0 amide bonds. The highest BCUT2D eigenvalue weighted by Crippen LogP contribution is 2.22. The average molecular weight is 283 g/mol. The predicted molar refractivity (Wildman–Crippen MR) is 79.5 cm³/mol. The summed E-state index contributed by atoms with van der Waals surface area (Å²) in [4.78, 5) is 0. The molecule has 1 aromatic carbocycles. The van der Waals surface area contributed by atoms with Crippen LogP contribution in [0.25, 0.3) is 0 Å². The third kappa shape index (κ3) is 5.10. The number of ether oxygens (including phenoxy) is 1. The van der Waals surface area contributed by atoms with Gasteiger partial charge in [0.1, 0.15) is 11.6 Å². The first kappa shape index (κ1) is 16.9. The van der Waals surface area contributed by atoms with Crippen LogP contribution in [-0.2, 0) is 0 Å². The monoisotopic (exact) mass is 283 g/mol. The molecule has 0 aliphatic heterocycles. The molecule has 2 N–H and O–H groups in total. The van der Waals surface area contributed by atoms with Crippen molar-refractivity contribution in [1.82, 2.24) is 5.32 Å². The molecule has 1 aromatic rings. The van der Waals surface area contributed by atoms with E-state index in [1.54, 1.807) is 12.1 Å². The topological polar surface area (TPSA) is 41.5 Å². The molecule has 0 bridgehead atoms. The lowest BCUT2D eigenvalue weighted by Gasteiger charge is -2.20. The molecule has 0 aliphatic carbocycles. The lowest BCUT2D eigenvalue weighted by molar-refractivity contribution is 0.245. The Balaban J connectivity index is 2.59. The molecule has 3 nitrogen and oxygen atoms in total. The van der Waals surface area contributed by atoms with Crippen molar-refractivity contribution in [2.75, 3.05) is 20.3 Å². The molecule has 0 fully saturated rings. The molecule has 0 heterocycles. The molecular formula is C16H26FNO2. The maximum Gasteiger partial charge on any atom is 0.131 e. The minimum Gasteiger partial charge on any atom is -0.497 e. The van der Waals surface area contributed by atoms with Crippen molar-refractivity contribution >= 4 is 0 Å².